The minimum absolute atomic E-state index is 0.0129. The minimum Gasteiger partial charge on any atom is -0.352 e. The standard InChI is InChI=1S/C21H24ClN3O3S/c22-18-8-4-5-9-19(18)29(27,28)25-14-12-24(13-15-25)20(16-6-2-1-3-7-16)21(26)23-17-10-11-17/h1-9,17,20H,10-15H2,(H,23,26). The first-order valence-electron chi connectivity index (χ1n) is 9.81. The maximum Gasteiger partial charge on any atom is 0.244 e. The van der Waals surface area contributed by atoms with Crippen LogP contribution in [0.1, 0.15) is 24.4 Å². The van der Waals surface area contributed by atoms with Crippen LogP contribution in [0.25, 0.3) is 0 Å². The van der Waals surface area contributed by atoms with Gasteiger partial charge in [0.05, 0.1) is 5.02 Å². The fraction of sp³-hybridized carbons (Fsp3) is 0.381. The smallest absolute Gasteiger partial charge is 0.244 e. The summed E-state index contributed by atoms with van der Waals surface area (Å²) >= 11 is 6.11. The summed E-state index contributed by atoms with van der Waals surface area (Å²) in [6, 6.07) is 16.0. The van der Waals surface area contributed by atoms with Crippen LogP contribution in [0.3, 0.4) is 0 Å². The summed E-state index contributed by atoms with van der Waals surface area (Å²) in [7, 11) is -3.66. The molecule has 29 heavy (non-hydrogen) atoms. The number of carbonyl (C=O) groups excluding carboxylic acids is 1. The van der Waals surface area contributed by atoms with Crippen molar-refractivity contribution in [2.24, 2.45) is 0 Å². The van der Waals surface area contributed by atoms with Crippen LogP contribution in [0.2, 0.25) is 5.02 Å². The van der Waals surface area contributed by atoms with Gasteiger partial charge in [-0.3, -0.25) is 9.69 Å². The van der Waals surface area contributed by atoms with Gasteiger partial charge in [-0.25, -0.2) is 8.42 Å². The zero-order valence-corrected chi connectivity index (χ0v) is 17.6. The van der Waals surface area contributed by atoms with E-state index < -0.39 is 16.1 Å². The monoisotopic (exact) mass is 433 g/mol. The van der Waals surface area contributed by atoms with E-state index in [4.69, 9.17) is 11.6 Å². The van der Waals surface area contributed by atoms with E-state index in [-0.39, 0.29) is 21.9 Å². The van der Waals surface area contributed by atoms with Crippen molar-refractivity contribution in [2.75, 3.05) is 26.2 Å². The average Bonchev–Trinajstić information content (AvgIpc) is 3.53. The molecule has 6 nitrogen and oxygen atoms in total. The molecule has 2 aliphatic rings. The summed E-state index contributed by atoms with van der Waals surface area (Å²) in [5.41, 5.74) is 0.924. The molecule has 4 rings (SSSR count). The van der Waals surface area contributed by atoms with Crippen molar-refractivity contribution in [3.63, 3.8) is 0 Å². The second-order valence-electron chi connectivity index (χ2n) is 7.47. The second kappa shape index (κ2) is 8.44. The van der Waals surface area contributed by atoms with Crippen molar-refractivity contribution >= 4 is 27.5 Å². The quantitative estimate of drug-likeness (QED) is 0.760. The number of sulfonamides is 1. The zero-order valence-electron chi connectivity index (χ0n) is 16.0. The third-order valence-corrected chi connectivity index (χ3v) is 7.78. The van der Waals surface area contributed by atoms with E-state index in [9.17, 15) is 13.2 Å². The van der Waals surface area contributed by atoms with Gasteiger partial charge in [-0.15, -0.1) is 0 Å². The molecule has 1 amide bonds. The Morgan fingerprint density at radius 1 is 0.966 bits per heavy atom. The van der Waals surface area contributed by atoms with Gasteiger partial charge in [-0.05, 0) is 30.5 Å². The van der Waals surface area contributed by atoms with E-state index >= 15 is 0 Å². The minimum atomic E-state index is -3.66. The van der Waals surface area contributed by atoms with E-state index in [0.717, 1.165) is 18.4 Å². The van der Waals surface area contributed by atoms with Gasteiger partial charge < -0.3 is 5.32 Å². The van der Waals surface area contributed by atoms with Crippen molar-refractivity contribution in [3.05, 3.63) is 65.2 Å². The molecule has 1 saturated carbocycles. The van der Waals surface area contributed by atoms with Crippen LogP contribution in [-0.4, -0.2) is 55.8 Å². The molecule has 2 aromatic carbocycles. The predicted octanol–water partition coefficient (Wildman–Crippen LogP) is 2.67. The molecule has 0 radical (unpaired) electrons. The highest BCUT2D eigenvalue weighted by molar-refractivity contribution is 7.89. The lowest BCUT2D eigenvalue weighted by atomic mass is 10.0. The molecule has 2 aromatic rings. The lowest BCUT2D eigenvalue weighted by molar-refractivity contribution is -0.127. The Morgan fingerprint density at radius 3 is 2.21 bits per heavy atom. The van der Waals surface area contributed by atoms with Crippen LogP contribution in [-0.2, 0) is 14.8 Å². The second-order valence-corrected chi connectivity index (χ2v) is 9.78. The number of amides is 1. The molecule has 1 aliphatic carbocycles. The van der Waals surface area contributed by atoms with Gasteiger partial charge in [0.1, 0.15) is 10.9 Å². The lowest BCUT2D eigenvalue weighted by Gasteiger charge is -2.38. The fourth-order valence-corrected chi connectivity index (χ4v) is 5.58. The molecule has 0 bridgehead atoms. The summed E-state index contributed by atoms with van der Waals surface area (Å²) in [5.74, 6) is -0.0129. The first-order chi connectivity index (χ1) is 14.0. The van der Waals surface area contributed by atoms with Gasteiger partial charge in [0.25, 0.3) is 0 Å². The van der Waals surface area contributed by atoms with Gasteiger partial charge in [0.2, 0.25) is 15.9 Å². The highest BCUT2D eigenvalue weighted by Crippen LogP contribution is 2.29. The Kier molecular flexibility index (Phi) is 5.92. The topological polar surface area (TPSA) is 69.7 Å². The van der Waals surface area contributed by atoms with Crippen LogP contribution in [0.5, 0.6) is 0 Å². The highest BCUT2D eigenvalue weighted by Gasteiger charge is 2.36. The number of hydrogen-bond donors (Lipinski definition) is 1. The van der Waals surface area contributed by atoms with Crippen molar-refractivity contribution in [3.8, 4) is 0 Å². The van der Waals surface area contributed by atoms with Crippen molar-refractivity contribution in [1.82, 2.24) is 14.5 Å². The largest absolute Gasteiger partial charge is 0.352 e. The van der Waals surface area contributed by atoms with Crippen molar-refractivity contribution in [1.29, 1.82) is 0 Å². The first kappa shape index (κ1) is 20.3. The number of benzene rings is 2. The Labute approximate surface area is 176 Å². The summed E-state index contributed by atoms with van der Waals surface area (Å²) < 4.78 is 27.4. The van der Waals surface area contributed by atoms with Crippen molar-refractivity contribution in [2.45, 2.75) is 29.8 Å². The van der Waals surface area contributed by atoms with Gasteiger partial charge in [-0.1, -0.05) is 54.1 Å². The van der Waals surface area contributed by atoms with E-state index in [0.29, 0.717) is 26.2 Å². The molecule has 0 aromatic heterocycles. The third-order valence-electron chi connectivity index (χ3n) is 5.38. The maximum absolute atomic E-state index is 13.0. The van der Waals surface area contributed by atoms with Gasteiger partial charge in [-0.2, -0.15) is 4.31 Å². The fourth-order valence-electron chi connectivity index (χ4n) is 3.67. The van der Waals surface area contributed by atoms with Crippen molar-refractivity contribution < 1.29 is 13.2 Å². The van der Waals surface area contributed by atoms with E-state index in [1.54, 1.807) is 18.2 Å². The zero-order chi connectivity index (χ0) is 20.4. The number of nitrogens with zero attached hydrogens (tertiary/aromatic N) is 2. The lowest BCUT2D eigenvalue weighted by Crippen LogP contribution is -2.52. The predicted molar refractivity (Wildman–Crippen MR) is 112 cm³/mol. The number of halogens is 1. The number of piperazine rings is 1. The molecule has 2 fully saturated rings. The third kappa shape index (κ3) is 4.48. The maximum atomic E-state index is 13.0. The normalized spacial score (nSPS) is 19.6. The van der Waals surface area contributed by atoms with E-state index in [1.165, 1.54) is 10.4 Å². The van der Waals surface area contributed by atoms with E-state index in [1.807, 2.05) is 30.3 Å². The number of rotatable bonds is 6. The molecule has 8 heteroatoms. The van der Waals surface area contributed by atoms with Gasteiger partial charge >= 0.3 is 0 Å². The number of hydrogen-bond acceptors (Lipinski definition) is 4. The Hall–Kier alpha value is -1.93. The van der Waals surface area contributed by atoms with Gasteiger partial charge in [0, 0.05) is 32.2 Å². The molecule has 1 aliphatic heterocycles. The summed E-state index contributed by atoms with van der Waals surface area (Å²) in [6.45, 7) is 1.57. The molecule has 1 saturated heterocycles. The molecular weight excluding hydrogens is 410 g/mol. The van der Waals surface area contributed by atoms with E-state index in [2.05, 4.69) is 10.2 Å². The summed E-state index contributed by atoms with van der Waals surface area (Å²) in [5, 5.41) is 3.32. The Balaban J connectivity index is 1.50. The first-order valence-corrected chi connectivity index (χ1v) is 11.6. The Morgan fingerprint density at radius 2 is 1.59 bits per heavy atom. The molecule has 1 heterocycles. The van der Waals surface area contributed by atoms with Crippen LogP contribution in [0.15, 0.2) is 59.5 Å². The van der Waals surface area contributed by atoms with Crippen LogP contribution < -0.4 is 5.32 Å². The molecule has 1 unspecified atom stereocenters. The highest BCUT2D eigenvalue weighted by atomic mass is 35.5. The summed E-state index contributed by atoms with van der Waals surface area (Å²) in [6.07, 6.45) is 2.05. The summed E-state index contributed by atoms with van der Waals surface area (Å²) in [4.78, 5) is 15.1. The molecule has 0 spiro atoms. The Bertz CT molecular complexity index is 972. The number of carbonyl (C=O) groups is 1. The molecule has 1 N–H and O–H groups in total. The molecular formula is C21H24ClN3O3S. The molecule has 154 valence electrons. The van der Waals surface area contributed by atoms with Crippen LogP contribution >= 0.6 is 11.6 Å². The van der Waals surface area contributed by atoms with Crippen LogP contribution in [0.4, 0.5) is 0 Å². The average molecular weight is 434 g/mol. The van der Waals surface area contributed by atoms with Crippen LogP contribution in [0, 0.1) is 0 Å². The van der Waals surface area contributed by atoms with Gasteiger partial charge in [0.15, 0.2) is 0 Å². The SMILES string of the molecule is O=C(NC1CC1)C(c1ccccc1)N1CCN(S(=O)(=O)c2ccccc2Cl)CC1. The number of nitrogens with one attached hydrogen (secondary N) is 1. The molecule has 1 atom stereocenters.